The maximum absolute atomic E-state index is 12.5. The first-order chi connectivity index (χ1) is 12.5. The van der Waals surface area contributed by atoms with Crippen LogP contribution in [0.4, 0.5) is 4.79 Å². The van der Waals surface area contributed by atoms with Gasteiger partial charge in [-0.25, -0.2) is 4.79 Å². The molecule has 26 heavy (non-hydrogen) atoms. The number of H-pyrrole nitrogens is 1. The molecule has 4 rings (SSSR count). The van der Waals surface area contributed by atoms with Gasteiger partial charge in [0.15, 0.2) is 0 Å². The number of urea groups is 1. The van der Waals surface area contributed by atoms with Crippen LogP contribution < -0.4 is 5.32 Å². The van der Waals surface area contributed by atoms with Gasteiger partial charge < -0.3 is 20.3 Å². The molecule has 0 bridgehead atoms. The fraction of sp³-hybridized carbons (Fsp3) is 0.211. The second-order valence-corrected chi connectivity index (χ2v) is 7.23. The highest BCUT2D eigenvalue weighted by Crippen LogP contribution is 2.29. The summed E-state index contributed by atoms with van der Waals surface area (Å²) in [6.07, 6.45) is 0.786. The number of nitrogens with one attached hydrogen (secondary N) is 2. The van der Waals surface area contributed by atoms with Crippen molar-refractivity contribution in [1.29, 1.82) is 0 Å². The fourth-order valence-corrected chi connectivity index (χ4v) is 3.71. The van der Waals surface area contributed by atoms with E-state index < -0.39 is 0 Å². The van der Waals surface area contributed by atoms with Gasteiger partial charge in [-0.1, -0.05) is 29.3 Å². The Morgan fingerprint density at radius 2 is 2.08 bits per heavy atom. The summed E-state index contributed by atoms with van der Waals surface area (Å²) in [5.74, 6) is 0.0317. The van der Waals surface area contributed by atoms with E-state index in [1.54, 1.807) is 17.0 Å². The van der Waals surface area contributed by atoms with Crippen LogP contribution in [0.1, 0.15) is 16.8 Å². The Balaban J connectivity index is 1.45. The molecule has 5 nitrogen and oxygen atoms in total. The topological polar surface area (TPSA) is 68.4 Å². The van der Waals surface area contributed by atoms with Crippen molar-refractivity contribution in [3.05, 3.63) is 63.3 Å². The predicted octanol–water partition coefficient (Wildman–Crippen LogP) is 4.45. The number of hydrogen-bond acceptors (Lipinski definition) is 2. The number of phenols is 1. The number of benzene rings is 2. The summed E-state index contributed by atoms with van der Waals surface area (Å²) in [5, 5.41) is 14.5. The first-order valence-corrected chi connectivity index (χ1v) is 9.06. The van der Waals surface area contributed by atoms with Gasteiger partial charge in [-0.2, -0.15) is 0 Å². The van der Waals surface area contributed by atoms with Gasteiger partial charge >= 0.3 is 6.03 Å². The zero-order valence-corrected chi connectivity index (χ0v) is 15.4. The quantitative estimate of drug-likeness (QED) is 0.605. The van der Waals surface area contributed by atoms with Crippen molar-refractivity contribution in [2.75, 3.05) is 6.54 Å². The lowest BCUT2D eigenvalue weighted by Crippen LogP contribution is -2.42. The first kappa shape index (κ1) is 17.1. The Kier molecular flexibility index (Phi) is 4.42. The van der Waals surface area contributed by atoms with Crippen LogP contribution in [0.5, 0.6) is 5.75 Å². The summed E-state index contributed by atoms with van der Waals surface area (Å²) < 4.78 is 0. The summed E-state index contributed by atoms with van der Waals surface area (Å²) in [6, 6.07) is 10.6. The third-order valence-corrected chi connectivity index (χ3v) is 5.22. The fourth-order valence-electron chi connectivity index (χ4n) is 3.34. The van der Waals surface area contributed by atoms with Crippen LogP contribution >= 0.6 is 23.2 Å². The number of carbonyl (C=O) groups excluding carboxylic acids is 1. The molecule has 0 spiro atoms. The number of carbonyl (C=O) groups is 1. The van der Waals surface area contributed by atoms with Gasteiger partial charge in [0.1, 0.15) is 5.75 Å². The van der Waals surface area contributed by atoms with Crippen molar-refractivity contribution in [3.63, 3.8) is 0 Å². The van der Waals surface area contributed by atoms with Crippen molar-refractivity contribution in [3.8, 4) is 5.75 Å². The molecule has 0 saturated carbocycles. The number of aromatic nitrogens is 1. The van der Waals surface area contributed by atoms with Gasteiger partial charge in [-0.3, -0.25) is 0 Å². The average Bonchev–Trinajstić information content (AvgIpc) is 2.99. The largest absolute Gasteiger partial charge is 0.506 e. The number of phenolic OH excluding ortho intramolecular Hbond substituents is 1. The number of rotatable bonds is 2. The van der Waals surface area contributed by atoms with E-state index in [1.165, 1.54) is 11.6 Å². The van der Waals surface area contributed by atoms with Gasteiger partial charge in [-0.15, -0.1) is 0 Å². The molecule has 3 N–H and O–H groups in total. The van der Waals surface area contributed by atoms with Gasteiger partial charge in [-0.05, 0) is 47.9 Å². The molecule has 3 aromatic rings. The van der Waals surface area contributed by atoms with E-state index >= 15 is 0 Å². The van der Waals surface area contributed by atoms with Crippen LogP contribution in [0.2, 0.25) is 10.0 Å². The number of aromatic amines is 1. The Hall–Kier alpha value is -2.37. The van der Waals surface area contributed by atoms with Gasteiger partial charge in [0, 0.05) is 34.7 Å². The van der Waals surface area contributed by atoms with E-state index in [4.69, 9.17) is 23.2 Å². The minimum absolute atomic E-state index is 0.0317. The van der Waals surface area contributed by atoms with Crippen LogP contribution in [0.15, 0.2) is 36.4 Å². The van der Waals surface area contributed by atoms with Gasteiger partial charge in [0.2, 0.25) is 0 Å². The molecule has 0 aliphatic carbocycles. The average molecular weight is 390 g/mol. The summed E-state index contributed by atoms with van der Waals surface area (Å²) in [4.78, 5) is 17.7. The molecule has 0 saturated heterocycles. The SMILES string of the molecule is O=C(NCc1ccc(O)c(Cl)c1)N1CCc2c([nH]c3ccc(Cl)cc23)C1. The first-order valence-electron chi connectivity index (χ1n) is 8.30. The van der Waals surface area contributed by atoms with Crippen LogP contribution in [0, 0.1) is 0 Å². The molecule has 2 amide bonds. The number of hydrogen-bond donors (Lipinski definition) is 3. The van der Waals surface area contributed by atoms with Crippen molar-refractivity contribution in [2.45, 2.75) is 19.5 Å². The normalized spacial score (nSPS) is 13.7. The summed E-state index contributed by atoms with van der Waals surface area (Å²) >= 11 is 12.0. The number of halogens is 2. The zero-order valence-electron chi connectivity index (χ0n) is 13.9. The third kappa shape index (κ3) is 3.20. The number of amides is 2. The second-order valence-electron chi connectivity index (χ2n) is 6.39. The van der Waals surface area contributed by atoms with Crippen LogP contribution in [0.3, 0.4) is 0 Å². The molecule has 134 valence electrons. The Bertz CT molecular complexity index is 1000. The maximum atomic E-state index is 12.5. The Morgan fingerprint density at radius 1 is 1.23 bits per heavy atom. The number of fused-ring (bicyclic) bond motifs is 3. The van der Waals surface area contributed by atoms with E-state index in [-0.39, 0.29) is 16.8 Å². The van der Waals surface area contributed by atoms with Gasteiger partial charge in [0.25, 0.3) is 0 Å². The van der Waals surface area contributed by atoms with Crippen molar-refractivity contribution in [2.24, 2.45) is 0 Å². The molecule has 2 aromatic carbocycles. The van der Waals surface area contributed by atoms with E-state index in [9.17, 15) is 9.90 Å². The minimum atomic E-state index is -0.128. The molecule has 1 aromatic heterocycles. The molecular weight excluding hydrogens is 373 g/mol. The summed E-state index contributed by atoms with van der Waals surface area (Å²) in [6.45, 7) is 1.53. The second kappa shape index (κ2) is 6.74. The Labute approximate surface area is 160 Å². The summed E-state index contributed by atoms with van der Waals surface area (Å²) in [5.41, 5.74) is 4.16. The molecule has 2 heterocycles. The minimum Gasteiger partial charge on any atom is -0.506 e. The monoisotopic (exact) mass is 389 g/mol. The molecule has 0 atom stereocenters. The van der Waals surface area contributed by atoms with Crippen LogP contribution in [-0.4, -0.2) is 27.6 Å². The van der Waals surface area contributed by atoms with Crippen molar-refractivity contribution in [1.82, 2.24) is 15.2 Å². The highest BCUT2D eigenvalue weighted by Gasteiger charge is 2.23. The molecule has 1 aliphatic heterocycles. The lowest BCUT2D eigenvalue weighted by Gasteiger charge is -2.27. The molecule has 0 fully saturated rings. The maximum Gasteiger partial charge on any atom is 0.318 e. The summed E-state index contributed by atoms with van der Waals surface area (Å²) in [7, 11) is 0. The molecular formula is C19H17Cl2N3O2. The standard InChI is InChI=1S/C19H17Cl2N3O2/c20-12-2-3-16-14(8-12)13-5-6-24(10-17(13)23-16)19(26)22-9-11-1-4-18(25)15(21)7-11/h1-4,7-8,23,25H,5-6,9-10H2,(H,22,26). The molecule has 0 unspecified atom stereocenters. The van der Waals surface area contributed by atoms with E-state index in [0.29, 0.717) is 24.7 Å². The Morgan fingerprint density at radius 3 is 2.88 bits per heavy atom. The molecule has 7 heteroatoms. The molecule has 1 aliphatic rings. The van der Waals surface area contributed by atoms with E-state index in [2.05, 4.69) is 10.3 Å². The molecule has 0 radical (unpaired) electrons. The third-order valence-electron chi connectivity index (χ3n) is 4.68. The van der Waals surface area contributed by atoms with Crippen molar-refractivity contribution < 1.29 is 9.90 Å². The van der Waals surface area contributed by atoms with Crippen LogP contribution in [0.25, 0.3) is 10.9 Å². The van der Waals surface area contributed by atoms with E-state index in [1.807, 2.05) is 18.2 Å². The van der Waals surface area contributed by atoms with Crippen LogP contribution in [-0.2, 0) is 19.5 Å². The predicted molar refractivity (Wildman–Crippen MR) is 103 cm³/mol. The number of aromatic hydroxyl groups is 1. The smallest absolute Gasteiger partial charge is 0.318 e. The number of nitrogens with zero attached hydrogens (tertiary/aromatic N) is 1. The van der Waals surface area contributed by atoms with Crippen molar-refractivity contribution >= 4 is 40.1 Å². The van der Waals surface area contributed by atoms with Gasteiger partial charge in [0.05, 0.1) is 11.6 Å². The lowest BCUT2D eigenvalue weighted by atomic mass is 10.0. The highest BCUT2D eigenvalue weighted by atomic mass is 35.5. The van der Waals surface area contributed by atoms with E-state index in [0.717, 1.165) is 28.6 Å². The lowest BCUT2D eigenvalue weighted by molar-refractivity contribution is 0.191. The zero-order chi connectivity index (χ0) is 18.3. The highest BCUT2D eigenvalue weighted by molar-refractivity contribution is 6.32.